The Morgan fingerprint density at radius 3 is 2.61 bits per heavy atom. The van der Waals surface area contributed by atoms with Crippen LogP contribution in [0.15, 0.2) is 30.3 Å². The number of rotatable bonds is 5. The summed E-state index contributed by atoms with van der Waals surface area (Å²) in [6, 6.07) is 9.90. The van der Waals surface area contributed by atoms with E-state index < -0.39 is 0 Å². The number of nitrogens with one attached hydrogen (secondary N) is 2. The first kappa shape index (κ1) is 19.0. The average Bonchev–Trinajstić information content (AvgIpc) is 3.23. The highest BCUT2D eigenvalue weighted by atomic mass is 127. The fourth-order valence-electron chi connectivity index (χ4n) is 3.44. The molecule has 6 nitrogen and oxygen atoms in total. The van der Waals surface area contributed by atoms with E-state index in [1.165, 1.54) is 17.4 Å². The van der Waals surface area contributed by atoms with E-state index in [1.54, 1.807) is 25.6 Å². The van der Waals surface area contributed by atoms with Crippen LogP contribution in [0.5, 0.6) is 11.5 Å². The molecular formula is C20H18IN3O3S. The highest BCUT2D eigenvalue weighted by molar-refractivity contribution is 14.1. The van der Waals surface area contributed by atoms with Gasteiger partial charge < -0.3 is 18.3 Å². The second kappa shape index (κ2) is 7.59. The number of benzene rings is 2. The highest BCUT2D eigenvalue weighted by Crippen LogP contribution is 2.46. The minimum absolute atomic E-state index is 0.107. The zero-order chi connectivity index (χ0) is 19.8. The summed E-state index contributed by atoms with van der Waals surface area (Å²) in [5, 5.41) is 3.87. The molecular weight excluding hydrogens is 489 g/mol. The van der Waals surface area contributed by atoms with Crippen molar-refractivity contribution in [3.63, 3.8) is 0 Å². The standard InChI is InChI=1S/C20H18IN3O3S/c1-10(25)22-15-6-12-8-18-19(23-20(24-21)28-18)14(12)9-13(15)11-4-5-16(26-2)17(7-11)27-3/h4-7,9H,8H2,1-3H3,(H,22,25)(H,23,24). The van der Waals surface area contributed by atoms with Crippen LogP contribution in [-0.2, 0) is 11.2 Å². The summed E-state index contributed by atoms with van der Waals surface area (Å²) in [4.78, 5) is 17.7. The van der Waals surface area contributed by atoms with Crippen LogP contribution in [0, 0.1) is 0 Å². The molecule has 0 aliphatic heterocycles. The monoisotopic (exact) mass is 507 g/mol. The van der Waals surface area contributed by atoms with E-state index in [0.29, 0.717) is 11.5 Å². The van der Waals surface area contributed by atoms with E-state index >= 15 is 0 Å². The summed E-state index contributed by atoms with van der Waals surface area (Å²) in [5.74, 6) is 1.19. The quantitative estimate of drug-likeness (QED) is 0.290. The van der Waals surface area contributed by atoms with Crippen LogP contribution >= 0.6 is 34.2 Å². The molecule has 0 fully saturated rings. The first-order valence-corrected chi connectivity index (χ1v) is 10.5. The number of halogens is 1. The van der Waals surface area contributed by atoms with Crippen molar-refractivity contribution >= 4 is 50.9 Å². The highest BCUT2D eigenvalue weighted by Gasteiger charge is 2.26. The van der Waals surface area contributed by atoms with Crippen molar-refractivity contribution in [2.24, 2.45) is 0 Å². The third-order valence-corrected chi connectivity index (χ3v) is 6.48. The van der Waals surface area contributed by atoms with Crippen LogP contribution in [-0.4, -0.2) is 25.1 Å². The maximum Gasteiger partial charge on any atom is 0.221 e. The fraction of sp³-hybridized carbons (Fsp3) is 0.200. The van der Waals surface area contributed by atoms with Gasteiger partial charge in [-0.25, -0.2) is 4.98 Å². The normalized spacial score (nSPS) is 11.6. The van der Waals surface area contributed by atoms with Gasteiger partial charge >= 0.3 is 0 Å². The smallest absolute Gasteiger partial charge is 0.221 e. The molecule has 2 aromatic carbocycles. The van der Waals surface area contributed by atoms with Gasteiger partial charge in [-0.15, -0.1) is 11.3 Å². The predicted molar refractivity (Wildman–Crippen MR) is 121 cm³/mol. The molecule has 0 saturated carbocycles. The van der Waals surface area contributed by atoms with Crippen molar-refractivity contribution in [1.29, 1.82) is 0 Å². The van der Waals surface area contributed by atoms with Crippen LogP contribution in [0.2, 0.25) is 0 Å². The molecule has 2 N–H and O–H groups in total. The van der Waals surface area contributed by atoms with Crippen LogP contribution < -0.4 is 18.3 Å². The molecule has 1 aromatic heterocycles. The zero-order valence-corrected chi connectivity index (χ0v) is 18.5. The first-order valence-electron chi connectivity index (χ1n) is 8.57. The Bertz CT molecular complexity index is 1080. The number of carbonyl (C=O) groups excluding carboxylic acids is 1. The fourth-order valence-corrected chi connectivity index (χ4v) is 4.78. The number of fused-ring (bicyclic) bond motifs is 3. The molecule has 1 aliphatic carbocycles. The van der Waals surface area contributed by atoms with Crippen molar-refractivity contribution in [1.82, 2.24) is 4.98 Å². The maximum absolute atomic E-state index is 11.8. The topological polar surface area (TPSA) is 72.5 Å². The minimum Gasteiger partial charge on any atom is -0.493 e. The molecule has 0 radical (unpaired) electrons. The number of methoxy groups -OCH3 is 2. The number of thiazole rings is 1. The Morgan fingerprint density at radius 1 is 1.14 bits per heavy atom. The Morgan fingerprint density at radius 2 is 1.93 bits per heavy atom. The lowest BCUT2D eigenvalue weighted by Crippen LogP contribution is -2.07. The van der Waals surface area contributed by atoms with Gasteiger partial charge in [-0.1, -0.05) is 6.07 Å². The average molecular weight is 507 g/mol. The molecule has 4 rings (SSSR count). The van der Waals surface area contributed by atoms with E-state index in [2.05, 4.69) is 37.8 Å². The molecule has 28 heavy (non-hydrogen) atoms. The number of hydrogen-bond donors (Lipinski definition) is 2. The molecule has 8 heteroatoms. The number of amides is 1. The summed E-state index contributed by atoms with van der Waals surface area (Å²) in [7, 11) is 3.22. The van der Waals surface area contributed by atoms with Gasteiger partial charge in [0.15, 0.2) is 16.6 Å². The Balaban J connectivity index is 1.88. The van der Waals surface area contributed by atoms with Gasteiger partial charge in [-0.2, -0.15) is 0 Å². The molecule has 0 bridgehead atoms. The lowest BCUT2D eigenvalue weighted by atomic mass is 9.97. The van der Waals surface area contributed by atoms with E-state index in [1.807, 2.05) is 24.3 Å². The lowest BCUT2D eigenvalue weighted by Gasteiger charge is -2.15. The minimum atomic E-state index is -0.107. The third-order valence-electron chi connectivity index (χ3n) is 4.63. The molecule has 1 heterocycles. The van der Waals surface area contributed by atoms with Gasteiger partial charge in [0.25, 0.3) is 0 Å². The van der Waals surface area contributed by atoms with E-state index in [0.717, 1.165) is 39.6 Å². The van der Waals surface area contributed by atoms with Crippen LogP contribution in [0.4, 0.5) is 10.8 Å². The molecule has 0 unspecified atom stereocenters. The Labute approximate surface area is 180 Å². The van der Waals surface area contributed by atoms with Gasteiger partial charge in [0.05, 0.1) is 42.8 Å². The number of anilines is 2. The van der Waals surface area contributed by atoms with Crippen molar-refractivity contribution in [3.8, 4) is 33.9 Å². The van der Waals surface area contributed by atoms with Gasteiger partial charge in [-0.3, -0.25) is 4.79 Å². The van der Waals surface area contributed by atoms with Gasteiger partial charge in [-0.05, 0) is 35.4 Å². The van der Waals surface area contributed by atoms with Crippen molar-refractivity contribution in [3.05, 3.63) is 40.8 Å². The number of carbonyl (C=O) groups is 1. The van der Waals surface area contributed by atoms with Gasteiger partial charge in [0.2, 0.25) is 5.91 Å². The molecule has 3 aromatic rings. The van der Waals surface area contributed by atoms with Crippen molar-refractivity contribution < 1.29 is 14.3 Å². The third kappa shape index (κ3) is 3.30. The van der Waals surface area contributed by atoms with Crippen LogP contribution in [0.25, 0.3) is 22.4 Å². The number of ether oxygens (including phenoxy) is 2. The number of nitrogens with zero attached hydrogens (tertiary/aromatic N) is 1. The second-order valence-corrected chi connectivity index (χ2v) is 7.99. The molecule has 0 spiro atoms. The summed E-state index contributed by atoms with van der Waals surface area (Å²) in [6.07, 6.45) is 0.819. The number of aromatic nitrogens is 1. The Kier molecular flexibility index (Phi) is 5.15. The van der Waals surface area contributed by atoms with E-state index in [-0.39, 0.29) is 5.91 Å². The molecule has 144 valence electrons. The zero-order valence-electron chi connectivity index (χ0n) is 15.6. The first-order chi connectivity index (χ1) is 13.5. The maximum atomic E-state index is 11.8. The van der Waals surface area contributed by atoms with Gasteiger partial charge in [0, 0.05) is 35.0 Å². The SMILES string of the molecule is COc1ccc(-c2cc3c(cc2NC(C)=O)Cc2sc(NI)nc2-3)cc1OC. The Hall–Kier alpha value is -2.33. The van der Waals surface area contributed by atoms with Crippen LogP contribution in [0.1, 0.15) is 17.4 Å². The summed E-state index contributed by atoms with van der Waals surface area (Å²) in [5.41, 5.74) is 5.90. The molecule has 0 atom stereocenters. The van der Waals surface area contributed by atoms with Crippen molar-refractivity contribution in [2.75, 3.05) is 23.1 Å². The van der Waals surface area contributed by atoms with E-state index in [4.69, 9.17) is 14.5 Å². The largest absolute Gasteiger partial charge is 0.493 e. The summed E-state index contributed by atoms with van der Waals surface area (Å²) in [6.45, 7) is 1.52. The molecule has 0 saturated heterocycles. The van der Waals surface area contributed by atoms with Crippen molar-refractivity contribution in [2.45, 2.75) is 13.3 Å². The van der Waals surface area contributed by atoms with Gasteiger partial charge in [0.1, 0.15) is 0 Å². The van der Waals surface area contributed by atoms with E-state index in [9.17, 15) is 4.79 Å². The lowest BCUT2D eigenvalue weighted by molar-refractivity contribution is -0.114. The molecule has 1 aliphatic rings. The molecule has 1 amide bonds. The number of hydrogen-bond acceptors (Lipinski definition) is 6. The summed E-state index contributed by atoms with van der Waals surface area (Å²) < 4.78 is 13.9. The second-order valence-electron chi connectivity index (χ2n) is 6.37. The predicted octanol–water partition coefficient (Wildman–Crippen LogP) is 5.12. The van der Waals surface area contributed by atoms with Crippen LogP contribution in [0.3, 0.4) is 0 Å². The summed E-state index contributed by atoms with van der Waals surface area (Å²) >= 11 is 3.75.